The summed E-state index contributed by atoms with van der Waals surface area (Å²) in [6.07, 6.45) is 4.02. The zero-order valence-corrected chi connectivity index (χ0v) is 17.6. The Kier molecular flexibility index (Phi) is 4.90. The van der Waals surface area contributed by atoms with Crippen LogP contribution < -0.4 is 10.2 Å². The van der Waals surface area contributed by atoms with Crippen molar-refractivity contribution >= 4 is 29.1 Å². The largest absolute Gasteiger partial charge is 0.355 e. The lowest BCUT2D eigenvalue weighted by atomic mass is 9.86. The van der Waals surface area contributed by atoms with Crippen molar-refractivity contribution in [1.29, 1.82) is 0 Å². The highest BCUT2D eigenvalue weighted by molar-refractivity contribution is 6.30. The van der Waals surface area contributed by atoms with Gasteiger partial charge in [-0.2, -0.15) is 9.78 Å². The number of carbonyl (C=O) groups excluding carboxylic acids is 1. The molecule has 0 aliphatic carbocycles. The van der Waals surface area contributed by atoms with Gasteiger partial charge in [-0.25, -0.2) is 0 Å². The van der Waals surface area contributed by atoms with E-state index in [0.717, 1.165) is 35.7 Å². The molecule has 5 rings (SSSR count). The van der Waals surface area contributed by atoms with E-state index in [4.69, 9.17) is 16.7 Å². The molecule has 1 unspecified atom stereocenters. The van der Waals surface area contributed by atoms with Crippen LogP contribution in [0.25, 0.3) is 5.82 Å². The van der Waals surface area contributed by atoms with Crippen LogP contribution in [0.3, 0.4) is 0 Å². The first kappa shape index (κ1) is 19.1. The number of aromatic nitrogens is 4. The van der Waals surface area contributed by atoms with Crippen molar-refractivity contribution < 1.29 is 4.79 Å². The molecule has 7 nitrogen and oxygen atoms in total. The van der Waals surface area contributed by atoms with Crippen LogP contribution in [-0.2, 0) is 4.79 Å². The summed E-state index contributed by atoms with van der Waals surface area (Å²) in [5.74, 6) is 2.04. The van der Waals surface area contributed by atoms with E-state index < -0.39 is 0 Å². The molecule has 4 heterocycles. The van der Waals surface area contributed by atoms with E-state index in [1.54, 1.807) is 4.68 Å². The van der Waals surface area contributed by atoms with Crippen molar-refractivity contribution in [2.45, 2.75) is 38.5 Å². The Morgan fingerprint density at radius 2 is 1.70 bits per heavy atom. The van der Waals surface area contributed by atoms with Gasteiger partial charge in [0.25, 0.3) is 0 Å². The summed E-state index contributed by atoms with van der Waals surface area (Å²) in [4.78, 5) is 14.8. The second kappa shape index (κ2) is 7.72. The number of fused-ring (bicyclic) bond motifs is 1. The van der Waals surface area contributed by atoms with Crippen molar-refractivity contribution in [1.82, 2.24) is 20.0 Å². The van der Waals surface area contributed by atoms with E-state index in [1.165, 1.54) is 19.3 Å². The lowest BCUT2D eigenvalue weighted by Crippen LogP contribution is -2.30. The van der Waals surface area contributed by atoms with Gasteiger partial charge in [-0.3, -0.25) is 4.79 Å². The number of benzene rings is 1. The summed E-state index contributed by atoms with van der Waals surface area (Å²) < 4.78 is 1.69. The number of rotatable bonds is 3. The normalized spacial score (nSPS) is 18.8. The van der Waals surface area contributed by atoms with E-state index in [1.807, 2.05) is 43.3 Å². The third kappa shape index (κ3) is 3.43. The molecule has 30 heavy (non-hydrogen) atoms. The molecule has 1 N–H and O–H groups in total. The molecule has 3 aromatic rings. The number of piperidine rings is 1. The third-order valence-electron chi connectivity index (χ3n) is 5.91. The van der Waals surface area contributed by atoms with Crippen LogP contribution in [0.2, 0.25) is 5.02 Å². The van der Waals surface area contributed by atoms with Gasteiger partial charge >= 0.3 is 0 Å². The summed E-state index contributed by atoms with van der Waals surface area (Å²) >= 11 is 6.05. The SMILES string of the molecule is Cc1nn(-c2ccc(N3CCCCC3)nn2)c2c1C(c1ccc(Cl)cc1)CC(=O)N2. The van der Waals surface area contributed by atoms with Gasteiger partial charge in [0, 0.05) is 36.0 Å². The highest BCUT2D eigenvalue weighted by atomic mass is 35.5. The summed E-state index contributed by atoms with van der Waals surface area (Å²) in [6, 6.07) is 11.6. The quantitative estimate of drug-likeness (QED) is 0.688. The molecule has 1 saturated heterocycles. The monoisotopic (exact) mass is 422 g/mol. The summed E-state index contributed by atoms with van der Waals surface area (Å²) in [5, 5.41) is 17.2. The van der Waals surface area contributed by atoms with Crippen molar-refractivity contribution in [2.75, 3.05) is 23.3 Å². The lowest BCUT2D eigenvalue weighted by Gasteiger charge is -2.27. The molecule has 0 bridgehead atoms. The Morgan fingerprint density at radius 1 is 1.00 bits per heavy atom. The molecule has 1 amide bonds. The van der Waals surface area contributed by atoms with Crippen LogP contribution in [0.15, 0.2) is 36.4 Å². The standard InChI is InChI=1S/C22H23ClN6O/c1-14-21-17(15-5-7-16(23)8-6-15)13-20(30)24-22(21)29(27-14)19-10-9-18(25-26-19)28-11-3-2-4-12-28/h5-10,17H,2-4,11-13H2,1H3,(H,24,30). The van der Waals surface area contributed by atoms with Crippen molar-refractivity contribution in [3.8, 4) is 5.82 Å². The minimum Gasteiger partial charge on any atom is -0.355 e. The zero-order valence-electron chi connectivity index (χ0n) is 16.8. The minimum atomic E-state index is -0.0691. The third-order valence-corrected chi connectivity index (χ3v) is 6.16. The van der Waals surface area contributed by atoms with E-state index in [2.05, 4.69) is 20.4 Å². The number of hydrogen-bond donors (Lipinski definition) is 1. The maximum atomic E-state index is 12.5. The van der Waals surface area contributed by atoms with Gasteiger partial charge < -0.3 is 10.2 Å². The molecule has 2 aromatic heterocycles. The average molecular weight is 423 g/mol. The van der Waals surface area contributed by atoms with Gasteiger partial charge in [0.05, 0.1) is 5.69 Å². The maximum Gasteiger partial charge on any atom is 0.226 e. The van der Waals surface area contributed by atoms with Gasteiger partial charge in [-0.1, -0.05) is 23.7 Å². The first-order chi connectivity index (χ1) is 14.6. The Morgan fingerprint density at radius 3 is 2.40 bits per heavy atom. The molecule has 1 fully saturated rings. The number of amides is 1. The number of anilines is 2. The molecule has 2 aliphatic rings. The number of nitrogens with zero attached hydrogens (tertiary/aromatic N) is 5. The van der Waals surface area contributed by atoms with Crippen molar-refractivity contribution in [2.24, 2.45) is 0 Å². The van der Waals surface area contributed by atoms with Gasteiger partial charge in [-0.05, 0) is 56.0 Å². The molecule has 1 atom stereocenters. The van der Waals surface area contributed by atoms with Gasteiger partial charge in [0.1, 0.15) is 5.82 Å². The molecule has 154 valence electrons. The highest BCUT2D eigenvalue weighted by Crippen LogP contribution is 2.40. The molecule has 8 heteroatoms. The first-order valence-electron chi connectivity index (χ1n) is 10.3. The van der Waals surface area contributed by atoms with Crippen molar-refractivity contribution in [3.63, 3.8) is 0 Å². The van der Waals surface area contributed by atoms with Crippen LogP contribution in [-0.4, -0.2) is 39.0 Å². The summed E-state index contributed by atoms with van der Waals surface area (Å²) in [5.41, 5.74) is 2.93. The predicted octanol–water partition coefficient (Wildman–Crippen LogP) is 4.09. The average Bonchev–Trinajstić information content (AvgIpc) is 3.10. The Bertz CT molecular complexity index is 1070. The molecular weight excluding hydrogens is 400 g/mol. The fourth-order valence-electron chi connectivity index (χ4n) is 4.42. The highest BCUT2D eigenvalue weighted by Gasteiger charge is 2.33. The predicted molar refractivity (Wildman–Crippen MR) is 116 cm³/mol. The fraction of sp³-hybridized carbons (Fsp3) is 0.364. The van der Waals surface area contributed by atoms with Gasteiger partial charge in [-0.15, -0.1) is 10.2 Å². The summed E-state index contributed by atoms with van der Waals surface area (Å²) in [7, 11) is 0. The Hall–Kier alpha value is -2.93. The summed E-state index contributed by atoms with van der Waals surface area (Å²) in [6.45, 7) is 4.00. The fourth-order valence-corrected chi connectivity index (χ4v) is 4.54. The van der Waals surface area contributed by atoms with E-state index in [9.17, 15) is 4.79 Å². The molecule has 1 aromatic carbocycles. The number of aryl methyl sites for hydroxylation is 1. The second-order valence-electron chi connectivity index (χ2n) is 7.91. The minimum absolute atomic E-state index is 0.0403. The smallest absolute Gasteiger partial charge is 0.226 e. The van der Waals surface area contributed by atoms with Crippen LogP contribution in [0.4, 0.5) is 11.6 Å². The van der Waals surface area contributed by atoms with Crippen LogP contribution in [0.5, 0.6) is 0 Å². The molecule has 0 saturated carbocycles. The van der Waals surface area contributed by atoms with Crippen LogP contribution >= 0.6 is 11.6 Å². The molecular formula is C22H23ClN6O. The maximum absolute atomic E-state index is 12.5. The number of hydrogen-bond acceptors (Lipinski definition) is 5. The van der Waals surface area contributed by atoms with Gasteiger partial charge in [0.15, 0.2) is 11.6 Å². The number of carbonyl (C=O) groups is 1. The Labute approximate surface area is 180 Å². The van der Waals surface area contributed by atoms with Crippen molar-refractivity contribution in [3.05, 3.63) is 58.2 Å². The van der Waals surface area contributed by atoms with Gasteiger partial charge in [0.2, 0.25) is 5.91 Å². The van der Waals surface area contributed by atoms with E-state index in [0.29, 0.717) is 23.1 Å². The zero-order chi connectivity index (χ0) is 20.7. The number of halogens is 1. The lowest BCUT2D eigenvalue weighted by molar-refractivity contribution is -0.116. The van der Waals surface area contributed by atoms with E-state index in [-0.39, 0.29) is 11.8 Å². The Balaban J connectivity index is 1.51. The molecule has 2 aliphatic heterocycles. The molecule has 0 spiro atoms. The van der Waals surface area contributed by atoms with E-state index >= 15 is 0 Å². The first-order valence-corrected chi connectivity index (χ1v) is 10.7. The van der Waals surface area contributed by atoms with Crippen LogP contribution in [0.1, 0.15) is 48.4 Å². The second-order valence-corrected chi connectivity index (χ2v) is 8.35. The topological polar surface area (TPSA) is 75.9 Å². The number of nitrogens with one attached hydrogen (secondary N) is 1. The van der Waals surface area contributed by atoms with Crippen LogP contribution in [0, 0.1) is 6.92 Å². The molecule has 0 radical (unpaired) electrons.